The first-order valence-corrected chi connectivity index (χ1v) is 10.5. The SMILES string of the molecule is CCSc1ccccc1C(=O)N1C[C@H](c2ccccc2)[C@@H](c2nc(C)no2)C1. The number of nitrogens with zero attached hydrogens (tertiary/aromatic N) is 3. The number of carbonyl (C=O) groups excluding carboxylic acids is 1. The Morgan fingerprint density at radius 3 is 2.54 bits per heavy atom. The number of amides is 1. The highest BCUT2D eigenvalue weighted by Crippen LogP contribution is 2.40. The summed E-state index contributed by atoms with van der Waals surface area (Å²) in [6.07, 6.45) is 0. The number of benzene rings is 2. The van der Waals surface area contributed by atoms with E-state index in [4.69, 9.17) is 4.52 Å². The highest BCUT2D eigenvalue weighted by molar-refractivity contribution is 7.99. The van der Waals surface area contributed by atoms with Gasteiger partial charge in [0, 0.05) is 23.9 Å². The van der Waals surface area contributed by atoms with Crippen LogP contribution in [0.5, 0.6) is 0 Å². The third-order valence-electron chi connectivity index (χ3n) is 5.11. The molecule has 2 heterocycles. The molecule has 28 heavy (non-hydrogen) atoms. The summed E-state index contributed by atoms with van der Waals surface area (Å²) in [5.74, 6) is 2.36. The van der Waals surface area contributed by atoms with E-state index in [1.54, 1.807) is 11.8 Å². The van der Waals surface area contributed by atoms with Crippen molar-refractivity contribution in [2.45, 2.75) is 30.6 Å². The number of rotatable bonds is 5. The van der Waals surface area contributed by atoms with Crippen LogP contribution in [0.1, 0.15) is 46.4 Å². The first-order valence-electron chi connectivity index (χ1n) is 9.53. The molecule has 4 rings (SSSR count). The molecule has 0 N–H and O–H groups in total. The summed E-state index contributed by atoms with van der Waals surface area (Å²) in [6.45, 7) is 5.13. The van der Waals surface area contributed by atoms with Crippen molar-refractivity contribution in [2.24, 2.45) is 0 Å². The van der Waals surface area contributed by atoms with Crippen molar-refractivity contribution in [2.75, 3.05) is 18.8 Å². The van der Waals surface area contributed by atoms with Crippen LogP contribution in [-0.2, 0) is 0 Å². The highest BCUT2D eigenvalue weighted by atomic mass is 32.2. The second-order valence-electron chi connectivity index (χ2n) is 6.94. The Hall–Kier alpha value is -2.60. The molecule has 0 radical (unpaired) electrons. The van der Waals surface area contributed by atoms with Crippen LogP contribution in [-0.4, -0.2) is 39.8 Å². The minimum atomic E-state index is -0.00135. The maximum atomic E-state index is 13.3. The summed E-state index contributed by atoms with van der Waals surface area (Å²) < 4.78 is 5.49. The molecule has 0 aliphatic carbocycles. The molecule has 3 aromatic rings. The van der Waals surface area contributed by atoms with E-state index in [1.165, 1.54) is 5.56 Å². The predicted octanol–water partition coefficient (Wildman–Crippen LogP) is 4.51. The van der Waals surface area contributed by atoms with Gasteiger partial charge in [-0.1, -0.05) is 54.5 Å². The van der Waals surface area contributed by atoms with E-state index in [-0.39, 0.29) is 17.7 Å². The monoisotopic (exact) mass is 393 g/mol. The summed E-state index contributed by atoms with van der Waals surface area (Å²) in [5, 5.41) is 3.96. The van der Waals surface area contributed by atoms with Gasteiger partial charge in [-0.25, -0.2) is 0 Å². The van der Waals surface area contributed by atoms with Crippen LogP contribution in [0, 0.1) is 6.92 Å². The zero-order chi connectivity index (χ0) is 19.5. The first-order chi connectivity index (χ1) is 13.7. The van der Waals surface area contributed by atoms with E-state index >= 15 is 0 Å². The van der Waals surface area contributed by atoms with Crippen molar-refractivity contribution in [3.8, 4) is 0 Å². The second-order valence-corrected chi connectivity index (χ2v) is 8.25. The van der Waals surface area contributed by atoms with Crippen LogP contribution < -0.4 is 0 Å². The molecule has 1 aromatic heterocycles. The van der Waals surface area contributed by atoms with E-state index < -0.39 is 0 Å². The quantitative estimate of drug-likeness (QED) is 0.597. The highest BCUT2D eigenvalue weighted by Gasteiger charge is 2.40. The molecular weight excluding hydrogens is 370 g/mol. The maximum absolute atomic E-state index is 13.3. The van der Waals surface area contributed by atoms with Crippen molar-refractivity contribution in [3.63, 3.8) is 0 Å². The standard InChI is InChI=1S/C22H23N3O2S/c1-3-28-20-12-8-7-11-17(20)22(26)25-13-18(16-9-5-4-6-10-16)19(14-25)21-23-15(2)24-27-21/h4-12,18-19H,3,13-14H2,1-2H3/t18-,19+/m1/s1. The van der Waals surface area contributed by atoms with E-state index in [9.17, 15) is 4.79 Å². The van der Waals surface area contributed by atoms with Crippen molar-refractivity contribution >= 4 is 17.7 Å². The minimum Gasteiger partial charge on any atom is -0.339 e. The Kier molecular flexibility index (Phi) is 5.48. The van der Waals surface area contributed by atoms with Gasteiger partial charge in [0.2, 0.25) is 5.89 Å². The van der Waals surface area contributed by atoms with Gasteiger partial charge in [0.05, 0.1) is 11.5 Å². The topological polar surface area (TPSA) is 59.2 Å². The molecular formula is C22H23N3O2S. The summed E-state index contributed by atoms with van der Waals surface area (Å²) in [4.78, 5) is 20.8. The fourth-order valence-corrected chi connectivity index (χ4v) is 4.61. The molecule has 5 nitrogen and oxygen atoms in total. The van der Waals surface area contributed by atoms with Crippen LogP contribution in [0.15, 0.2) is 64.0 Å². The average molecular weight is 394 g/mol. The van der Waals surface area contributed by atoms with E-state index in [0.717, 1.165) is 16.2 Å². The Labute approximate surface area is 169 Å². The zero-order valence-corrected chi connectivity index (χ0v) is 16.9. The molecule has 0 bridgehead atoms. The molecule has 1 fully saturated rings. The molecule has 0 saturated carbocycles. The van der Waals surface area contributed by atoms with Crippen LogP contribution in [0.3, 0.4) is 0 Å². The number of thioether (sulfide) groups is 1. The van der Waals surface area contributed by atoms with Gasteiger partial charge in [-0.05, 0) is 30.4 Å². The summed E-state index contributed by atoms with van der Waals surface area (Å²) in [6, 6.07) is 18.1. The molecule has 144 valence electrons. The molecule has 0 unspecified atom stereocenters. The van der Waals surface area contributed by atoms with Gasteiger partial charge in [0.1, 0.15) is 0 Å². The van der Waals surface area contributed by atoms with Crippen molar-refractivity contribution < 1.29 is 9.32 Å². The third kappa shape index (κ3) is 3.69. The van der Waals surface area contributed by atoms with Crippen molar-refractivity contribution in [1.82, 2.24) is 15.0 Å². The molecule has 1 amide bonds. The van der Waals surface area contributed by atoms with Crippen LogP contribution in [0.4, 0.5) is 0 Å². The number of hydrogen-bond acceptors (Lipinski definition) is 5. The van der Waals surface area contributed by atoms with E-state index in [2.05, 4.69) is 29.2 Å². The van der Waals surface area contributed by atoms with E-state index in [1.807, 2.05) is 54.3 Å². The van der Waals surface area contributed by atoms with Gasteiger partial charge in [0.25, 0.3) is 5.91 Å². The lowest BCUT2D eigenvalue weighted by molar-refractivity contribution is 0.0784. The Morgan fingerprint density at radius 2 is 1.82 bits per heavy atom. The number of aryl methyl sites for hydroxylation is 1. The molecule has 1 aliphatic rings. The Bertz CT molecular complexity index is 957. The molecule has 1 saturated heterocycles. The Morgan fingerprint density at radius 1 is 1.11 bits per heavy atom. The first kappa shape index (κ1) is 18.7. The molecule has 0 spiro atoms. The van der Waals surface area contributed by atoms with Gasteiger partial charge in [-0.2, -0.15) is 4.98 Å². The minimum absolute atomic E-state index is 0.00135. The molecule has 6 heteroatoms. The Balaban J connectivity index is 1.65. The number of aromatic nitrogens is 2. The fraction of sp³-hybridized carbons (Fsp3) is 0.318. The van der Waals surface area contributed by atoms with Gasteiger partial charge in [0.15, 0.2) is 5.82 Å². The lowest BCUT2D eigenvalue weighted by Crippen LogP contribution is -2.29. The average Bonchev–Trinajstić information content (AvgIpc) is 3.35. The largest absolute Gasteiger partial charge is 0.339 e. The molecule has 2 aromatic carbocycles. The lowest BCUT2D eigenvalue weighted by atomic mass is 9.89. The molecule has 2 atom stereocenters. The summed E-state index contributed by atoms with van der Waals surface area (Å²) >= 11 is 1.70. The maximum Gasteiger partial charge on any atom is 0.255 e. The normalized spacial score (nSPS) is 19.1. The van der Waals surface area contributed by atoms with Crippen LogP contribution in [0.25, 0.3) is 0 Å². The second kappa shape index (κ2) is 8.19. The fourth-order valence-electron chi connectivity index (χ4n) is 3.82. The van der Waals surface area contributed by atoms with Gasteiger partial charge < -0.3 is 9.42 Å². The van der Waals surface area contributed by atoms with Gasteiger partial charge in [-0.3, -0.25) is 4.79 Å². The number of hydrogen-bond donors (Lipinski definition) is 0. The number of likely N-dealkylation sites (tertiary alicyclic amines) is 1. The van der Waals surface area contributed by atoms with Crippen molar-refractivity contribution in [1.29, 1.82) is 0 Å². The predicted molar refractivity (Wildman–Crippen MR) is 110 cm³/mol. The molecule has 1 aliphatic heterocycles. The smallest absolute Gasteiger partial charge is 0.255 e. The van der Waals surface area contributed by atoms with Gasteiger partial charge in [-0.15, -0.1) is 11.8 Å². The summed E-state index contributed by atoms with van der Waals surface area (Å²) in [7, 11) is 0. The number of carbonyl (C=O) groups is 1. The van der Waals surface area contributed by atoms with E-state index in [0.29, 0.717) is 24.8 Å². The summed E-state index contributed by atoms with van der Waals surface area (Å²) in [5.41, 5.74) is 1.96. The third-order valence-corrected chi connectivity index (χ3v) is 6.07. The van der Waals surface area contributed by atoms with Crippen LogP contribution in [0.2, 0.25) is 0 Å². The van der Waals surface area contributed by atoms with Crippen molar-refractivity contribution in [3.05, 3.63) is 77.4 Å². The van der Waals surface area contributed by atoms with Crippen LogP contribution >= 0.6 is 11.8 Å². The lowest BCUT2D eigenvalue weighted by Gasteiger charge is -2.18. The van der Waals surface area contributed by atoms with Gasteiger partial charge >= 0.3 is 0 Å². The zero-order valence-electron chi connectivity index (χ0n) is 16.0.